The summed E-state index contributed by atoms with van der Waals surface area (Å²) in [6.45, 7) is 5.23. The molecule has 1 fully saturated rings. The standard InChI is InChI=1S/C22H27N7O/c1-28-9-11-29(12-10-28)14-17-15-5-2-3-6-18(15)25-19(17)13-16-20(26-27-22(16)30)21-23-7-4-8-24-21/h4,7-8,13,25H,2-3,5-6,9-12,14H2,1H3,(H,27,30). The smallest absolute Gasteiger partial charge is 0.273 e. The van der Waals surface area contributed by atoms with Crippen molar-refractivity contribution in [1.29, 1.82) is 0 Å². The Morgan fingerprint density at radius 1 is 1.10 bits per heavy atom. The van der Waals surface area contributed by atoms with Crippen LogP contribution in [0.2, 0.25) is 0 Å². The predicted molar refractivity (Wildman–Crippen MR) is 115 cm³/mol. The molecule has 0 atom stereocenters. The third-order valence-corrected chi connectivity index (χ3v) is 6.26. The van der Waals surface area contributed by atoms with Crippen LogP contribution in [0, 0.1) is 0 Å². The van der Waals surface area contributed by atoms with Crippen molar-refractivity contribution < 1.29 is 4.79 Å². The largest absolute Gasteiger partial charge is 0.358 e. The lowest BCUT2D eigenvalue weighted by molar-refractivity contribution is -0.116. The second-order valence-corrected chi connectivity index (χ2v) is 8.29. The van der Waals surface area contributed by atoms with Crippen molar-refractivity contribution in [3.8, 4) is 0 Å². The molecule has 156 valence electrons. The van der Waals surface area contributed by atoms with E-state index >= 15 is 0 Å². The number of hydrogen-bond acceptors (Lipinski definition) is 6. The van der Waals surface area contributed by atoms with Crippen molar-refractivity contribution in [3.05, 3.63) is 52.4 Å². The van der Waals surface area contributed by atoms with Gasteiger partial charge in [-0.15, -0.1) is 0 Å². The van der Waals surface area contributed by atoms with Crippen molar-refractivity contribution in [3.63, 3.8) is 0 Å². The molecule has 3 aliphatic rings. The minimum atomic E-state index is -0.212. The number of likely N-dealkylation sites (N-methyl/N-ethyl adjacent to an activating group) is 1. The van der Waals surface area contributed by atoms with Gasteiger partial charge >= 0.3 is 0 Å². The Morgan fingerprint density at radius 2 is 1.87 bits per heavy atom. The van der Waals surface area contributed by atoms with E-state index in [1.807, 2.05) is 6.08 Å². The highest BCUT2D eigenvalue weighted by atomic mass is 16.2. The van der Waals surface area contributed by atoms with Gasteiger partial charge in [0.25, 0.3) is 5.91 Å². The van der Waals surface area contributed by atoms with E-state index in [1.54, 1.807) is 18.5 Å². The zero-order chi connectivity index (χ0) is 20.5. The fraction of sp³-hybridized carbons (Fsp3) is 0.455. The SMILES string of the molecule is CN1CCN(Cc2c(C=C3C(=O)NN=C3c3ncccn3)[nH]c3c2CCCC3)CC1. The van der Waals surface area contributed by atoms with E-state index in [2.05, 4.69) is 42.3 Å². The maximum Gasteiger partial charge on any atom is 0.273 e. The Labute approximate surface area is 176 Å². The van der Waals surface area contributed by atoms with Crippen LogP contribution in [0.25, 0.3) is 6.08 Å². The predicted octanol–water partition coefficient (Wildman–Crippen LogP) is 1.35. The van der Waals surface area contributed by atoms with Gasteiger partial charge in [0.05, 0.1) is 5.57 Å². The van der Waals surface area contributed by atoms with Crippen LogP contribution < -0.4 is 5.43 Å². The van der Waals surface area contributed by atoms with Gasteiger partial charge in [0.2, 0.25) is 0 Å². The lowest BCUT2D eigenvalue weighted by Gasteiger charge is -2.32. The highest BCUT2D eigenvalue weighted by Crippen LogP contribution is 2.30. The van der Waals surface area contributed by atoms with Crippen LogP contribution in [-0.2, 0) is 24.2 Å². The minimum absolute atomic E-state index is 0.212. The molecule has 2 aromatic heterocycles. The summed E-state index contributed by atoms with van der Waals surface area (Å²) in [4.78, 5) is 29.6. The number of amides is 1. The van der Waals surface area contributed by atoms with Crippen molar-refractivity contribution in [2.75, 3.05) is 33.2 Å². The molecular formula is C22H27N7O. The molecule has 0 spiro atoms. The van der Waals surface area contributed by atoms with Crippen LogP contribution in [0.1, 0.15) is 41.2 Å². The number of nitrogens with one attached hydrogen (secondary N) is 2. The summed E-state index contributed by atoms with van der Waals surface area (Å²) in [5, 5.41) is 4.19. The normalized spacial score (nSPS) is 21.6. The second-order valence-electron chi connectivity index (χ2n) is 8.29. The number of hydrogen-bond donors (Lipinski definition) is 2. The molecule has 8 nitrogen and oxygen atoms in total. The number of H-pyrrole nitrogens is 1. The Balaban J connectivity index is 1.51. The monoisotopic (exact) mass is 405 g/mol. The molecule has 0 bridgehead atoms. The number of carbonyl (C=O) groups excluding carboxylic acids is 1. The lowest BCUT2D eigenvalue weighted by atomic mass is 9.93. The van der Waals surface area contributed by atoms with Crippen molar-refractivity contribution in [2.24, 2.45) is 5.10 Å². The molecule has 2 N–H and O–H groups in total. The second kappa shape index (κ2) is 8.12. The number of fused-ring (bicyclic) bond motifs is 1. The highest BCUT2D eigenvalue weighted by molar-refractivity contribution is 6.32. The number of aryl methyl sites for hydroxylation is 1. The number of nitrogens with zero attached hydrogens (tertiary/aromatic N) is 5. The fourth-order valence-electron chi connectivity index (χ4n) is 4.51. The fourth-order valence-corrected chi connectivity index (χ4v) is 4.51. The summed E-state index contributed by atoms with van der Waals surface area (Å²) in [5.41, 5.74) is 8.71. The number of hydrazone groups is 1. The van der Waals surface area contributed by atoms with E-state index in [1.165, 1.54) is 29.7 Å². The molecule has 1 saturated heterocycles. The van der Waals surface area contributed by atoms with Gasteiger partial charge < -0.3 is 9.88 Å². The Bertz CT molecular complexity index is 1000. The lowest BCUT2D eigenvalue weighted by Crippen LogP contribution is -2.44. The molecule has 30 heavy (non-hydrogen) atoms. The Kier molecular flexibility index (Phi) is 5.18. The molecule has 0 aromatic carbocycles. The molecule has 5 rings (SSSR count). The molecular weight excluding hydrogens is 378 g/mol. The van der Waals surface area contributed by atoms with E-state index < -0.39 is 0 Å². The molecule has 0 unspecified atom stereocenters. The number of piperazine rings is 1. The quantitative estimate of drug-likeness (QED) is 0.750. The van der Waals surface area contributed by atoms with E-state index in [4.69, 9.17) is 0 Å². The van der Waals surface area contributed by atoms with Crippen LogP contribution >= 0.6 is 0 Å². The first-order chi connectivity index (χ1) is 14.7. The summed E-state index contributed by atoms with van der Waals surface area (Å²) in [7, 11) is 2.18. The van der Waals surface area contributed by atoms with Crippen LogP contribution in [0.15, 0.2) is 29.1 Å². The minimum Gasteiger partial charge on any atom is -0.358 e. The number of aromatic nitrogens is 3. The maximum absolute atomic E-state index is 12.6. The summed E-state index contributed by atoms with van der Waals surface area (Å²) < 4.78 is 0. The molecule has 1 amide bonds. The highest BCUT2D eigenvalue weighted by Gasteiger charge is 2.28. The number of aromatic amines is 1. The third kappa shape index (κ3) is 3.68. The van der Waals surface area contributed by atoms with E-state index in [0.717, 1.165) is 51.3 Å². The first kappa shape index (κ1) is 19.1. The van der Waals surface area contributed by atoms with Gasteiger partial charge in [-0.05, 0) is 56.0 Å². The van der Waals surface area contributed by atoms with E-state index in [9.17, 15) is 4.79 Å². The molecule has 4 heterocycles. The van der Waals surface area contributed by atoms with Gasteiger partial charge in [-0.3, -0.25) is 9.69 Å². The van der Waals surface area contributed by atoms with Crippen molar-refractivity contribution in [1.82, 2.24) is 30.2 Å². The molecule has 1 aliphatic carbocycles. The van der Waals surface area contributed by atoms with Gasteiger partial charge in [0.15, 0.2) is 5.82 Å². The van der Waals surface area contributed by atoms with E-state index in [0.29, 0.717) is 17.1 Å². The first-order valence-corrected chi connectivity index (χ1v) is 10.7. The van der Waals surface area contributed by atoms with Gasteiger partial charge in [-0.25, -0.2) is 15.4 Å². The average Bonchev–Trinajstić information content (AvgIpc) is 3.31. The summed E-state index contributed by atoms with van der Waals surface area (Å²) in [5.74, 6) is 0.245. The molecule has 0 radical (unpaired) electrons. The number of rotatable bonds is 4. The maximum atomic E-state index is 12.6. The van der Waals surface area contributed by atoms with Gasteiger partial charge in [-0.1, -0.05) is 0 Å². The molecule has 0 saturated carbocycles. The topological polar surface area (TPSA) is 89.5 Å². The van der Waals surface area contributed by atoms with Crippen LogP contribution in [0.3, 0.4) is 0 Å². The van der Waals surface area contributed by atoms with Crippen LogP contribution in [0.5, 0.6) is 0 Å². The third-order valence-electron chi connectivity index (χ3n) is 6.26. The van der Waals surface area contributed by atoms with Gasteiger partial charge in [0, 0.05) is 56.5 Å². The van der Waals surface area contributed by atoms with E-state index in [-0.39, 0.29) is 5.91 Å². The van der Waals surface area contributed by atoms with Crippen LogP contribution in [0.4, 0.5) is 0 Å². The van der Waals surface area contributed by atoms with Crippen LogP contribution in [-0.4, -0.2) is 69.6 Å². The molecule has 2 aromatic rings. The van der Waals surface area contributed by atoms with Gasteiger partial charge in [-0.2, -0.15) is 5.10 Å². The Hall–Kier alpha value is -2.84. The summed E-state index contributed by atoms with van der Waals surface area (Å²) >= 11 is 0. The van der Waals surface area contributed by atoms with Crippen molar-refractivity contribution >= 4 is 17.7 Å². The summed E-state index contributed by atoms with van der Waals surface area (Å²) in [6.07, 6.45) is 9.89. The Morgan fingerprint density at radius 3 is 2.67 bits per heavy atom. The zero-order valence-corrected chi connectivity index (χ0v) is 17.3. The summed E-state index contributed by atoms with van der Waals surface area (Å²) in [6, 6.07) is 1.75. The number of carbonyl (C=O) groups is 1. The average molecular weight is 406 g/mol. The zero-order valence-electron chi connectivity index (χ0n) is 17.3. The first-order valence-electron chi connectivity index (χ1n) is 10.7. The molecule has 2 aliphatic heterocycles. The van der Waals surface area contributed by atoms with Crippen molar-refractivity contribution in [2.45, 2.75) is 32.2 Å². The molecule has 8 heteroatoms. The van der Waals surface area contributed by atoms with Gasteiger partial charge in [0.1, 0.15) is 5.71 Å².